The molecule has 2 atom stereocenters. The van der Waals surface area contributed by atoms with E-state index in [1.54, 1.807) is 0 Å². The number of benzene rings is 1. The Labute approximate surface area is 154 Å². The fourth-order valence-electron chi connectivity index (χ4n) is 4.08. The highest BCUT2D eigenvalue weighted by atomic mass is 16.2. The molecule has 2 bridgehead atoms. The van der Waals surface area contributed by atoms with E-state index in [0.717, 1.165) is 48.1 Å². The summed E-state index contributed by atoms with van der Waals surface area (Å²) < 4.78 is 0. The van der Waals surface area contributed by atoms with Crippen LogP contribution in [0, 0.1) is 20.8 Å². The molecule has 1 amide bonds. The van der Waals surface area contributed by atoms with Crippen LogP contribution in [0.2, 0.25) is 0 Å². The van der Waals surface area contributed by atoms with E-state index in [1.807, 2.05) is 51.1 Å². The van der Waals surface area contributed by atoms with Crippen LogP contribution in [-0.2, 0) is 4.79 Å². The highest BCUT2D eigenvalue weighted by Gasteiger charge is 2.45. The Kier molecular flexibility index (Phi) is 4.36. The van der Waals surface area contributed by atoms with E-state index in [2.05, 4.69) is 25.1 Å². The van der Waals surface area contributed by atoms with Gasteiger partial charge < -0.3 is 10.2 Å². The molecule has 1 aromatic heterocycles. The standard InChI is InChI=1S/C20H25N5O/c1-13-5-4-6-16(7-13)23-20(26)12-25-17-9-18(25)11-24(10-17)19-8-14(2)21-15(3)22-19/h4-8,17-18H,9-12H2,1-3H3,(H,23,26). The highest BCUT2D eigenvalue weighted by Crippen LogP contribution is 2.34. The number of carbonyl (C=O) groups is 1. The van der Waals surface area contributed by atoms with Gasteiger partial charge in [-0.3, -0.25) is 9.69 Å². The zero-order chi connectivity index (χ0) is 18.3. The maximum absolute atomic E-state index is 12.4. The minimum Gasteiger partial charge on any atom is -0.353 e. The number of hydrogen-bond acceptors (Lipinski definition) is 5. The summed E-state index contributed by atoms with van der Waals surface area (Å²) in [5.41, 5.74) is 3.02. The van der Waals surface area contributed by atoms with Crippen molar-refractivity contribution in [2.24, 2.45) is 0 Å². The van der Waals surface area contributed by atoms with Crippen LogP contribution in [0.3, 0.4) is 0 Å². The van der Waals surface area contributed by atoms with Crippen molar-refractivity contribution >= 4 is 17.4 Å². The number of rotatable bonds is 4. The first kappa shape index (κ1) is 17.0. The zero-order valence-electron chi connectivity index (χ0n) is 15.6. The second-order valence-electron chi connectivity index (χ2n) is 7.45. The van der Waals surface area contributed by atoms with Crippen molar-refractivity contribution in [3.8, 4) is 0 Å². The molecule has 136 valence electrons. The first-order valence-corrected chi connectivity index (χ1v) is 9.17. The van der Waals surface area contributed by atoms with E-state index in [0.29, 0.717) is 18.6 Å². The first-order chi connectivity index (χ1) is 12.5. The molecule has 2 aromatic rings. The third kappa shape index (κ3) is 3.42. The lowest BCUT2D eigenvalue weighted by molar-refractivity contribution is -0.121. The summed E-state index contributed by atoms with van der Waals surface area (Å²) in [7, 11) is 0. The molecule has 0 aliphatic carbocycles. The summed E-state index contributed by atoms with van der Waals surface area (Å²) in [5, 5.41) is 3.01. The lowest BCUT2D eigenvalue weighted by Gasteiger charge is -2.56. The SMILES string of the molecule is Cc1cccc(NC(=O)CN2C3CC2CN(c2cc(C)nc(C)n2)C3)c1. The van der Waals surface area contributed by atoms with E-state index in [4.69, 9.17) is 0 Å². The van der Waals surface area contributed by atoms with Crippen LogP contribution in [0.15, 0.2) is 30.3 Å². The van der Waals surface area contributed by atoms with Crippen LogP contribution >= 0.6 is 0 Å². The van der Waals surface area contributed by atoms with Gasteiger partial charge in [0.2, 0.25) is 5.91 Å². The molecular weight excluding hydrogens is 326 g/mol. The number of hydrogen-bond donors (Lipinski definition) is 1. The highest BCUT2D eigenvalue weighted by molar-refractivity contribution is 5.92. The van der Waals surface area contributed by atoms with Gasteiger partial charge in [0.05, 0.1) is 6.54 Å². The van der Waals surface area contributed by atoms with Crippen LogP contribution in [0.5, 0.6) is 0 Å². The topological polar surface area (TPSA) is 61.4 Å². The number of amides is 1. The fourth-order valence-corrected chi connectivity index (χ4v) is 4.08. The second-order valence-corrected chi connectivity index (χ2v) is 7.45. The third-order valence-corrected chi connectivity index (χ3v) is 5.25. The van der Waals surface area contributed by atoms with Gasteiger partial charge in [-0.05, 0) is 44.9 Å². The molecule has 2 unspecified atom stereocenters. The molecule has 0 saturated carbocycles. The fraction of sp³-hybridized carbons (Fsp3) is 0.450. The van der Waals surface area contributed by atoms with Crippen molar-refractivity contribution in [1.82, 2.24) is 14.9 Å². The molecule has 3 saturated heterocycles. The Morgan fingerprint density at radius 3 is 2.62 bits per heavy atom. The molecule has 5 rings (SSSR count). The smallest absolute Gasteiger partial charge is 0.238 e. The molecule has 3 fully saturated rings. The van der Waals surface area contributed by atoms with Crippen LogP contribution in [0.25, 0.3) is 0 Å². The molecule has 1 aromatic carbocycles. The molecule has 0 radical (unpaired) electrons. The number of aryl methyl sites for hydroxylation is 3. The van der Waals surface area contributed by atoms with Crippen molar-refractivity contribution in [3.63, 3.8) is 0 Å². The number of piperidine rings is 1. The van der Waals surface area contributed by atoms with E-state index in [-0.39, 0.29) is 5.91 Å². The average molecular weight is 351 g/mol. The second kappa shape index (κ2) is 6.68. The predicted octanol–water partition coefficient (Wildman–Crippen LogP) is 2.30. The molecule has 6 nitrogen and oxygen atoms in total. The van der Waals surface area contributed by atoms with Crippen molar-refractivity contribution in [2.75, 3.05) is 29.9 Å². The first-order valence-electron chi connectivity index (χ1n) is 9.17. The van der Waals surface area contributed by atoms with Crippen molar-refractivity contribution < 1.29 is 4.79 Å². The molecule has 6 heteroatoms. The Balaban J connectivity index is 1.36. The third-order valence-electron chi connectivity index (χ3n) is 5.25. The number of piperazine rings is 1. The van der Waals surface area contributed by atoms with Crippen LogP contribution in [0.1, 0.15) is 23.5 Å². The number of fused-ring (bicyclic) bond motifs is 2. The van der Waals surface area contributed by atoms with Gasteiger partial charge in [0.25, 0.3) is 0 Å². The summed E-state index contributed by atoms with van der Waals surface area (Å²) in [4.78, 5) is 26.0. The molecule has 26 heavy (non-hydrogen) atoms. The molecular formula is C20H25N5O. The summed E-state index contributed by atoms with van der Waals surface area (Å²) >= 11 is 0. The van der Waals surface area contributed by atoms with Crippen LogP contribution in [-0.4, -0.2) is 52.5 Å². The molecule has 3 aliphatic heterocycles. The Morgan fingerprint density at radius 1 is 1.15 bits per heavy atom. The van der Waals surface area contributed by atoms with Crippen LogP contribution in [0.4, 0.5) is 11.5 Å². The minimum atomic E-state index is 0.0625. The molecule has 3 aliphatic rings. The van der Waals surface area contributed by atoms with Crippen molar-refractivity contribution in [1.29, 1.82) is 0 Å². The number of nitrogens with one attached hydrogen (secondary N) is 1. The van der Waals surface area contributed by atoms with Gasteiger partial charge >= 0.3 is 0 Å². The Morgan fingerprint density at radius 2 is 1.92 bits per heavy atom. The maximum atomic E-state index is 12.4. The van der Waals surface area contributed by atoms with E-state index >= 15 is 0 Å². The Hall–Kier alpha value is -2.47. The largest absolute Gasteiger partial charge is 0.353 e. The normalized spacial score (nSPS) is 22.0. The van der Waals surface area contributed by atoms with Gasteiger partial charge in [0.15, 0.2) is 0 Å². The number of anilines is 2. The van der Waals surface area contributed by atoms with Gasteiger partial charge in [-0.1, -0.05) is 12.1 Å². The van der Waals surface area contributed by atoms with E-state index in [9.17, 15) is 4.79 Å². The quantitative estimate of drug-likeness (QED) is 0.916. The average Bonchev–Trinajstić information content (AvgIpc) is 2.59. The monoisotopic (exact) mass is 351 g/mol. The van der Waals surface area contributed by atoms with Crippen LogP contribution < -0.4 is 10.2 Å². The summed E-state index contributed by atoms with van der Waals surface area (Å²) in [6, 6.07) is 10.8. The lowest BCUT2D eigenvalue weighted by Crippen LogP contribution is -2.69. The number of carbonyl (C=O) groups excluding carboxylic acids is 1. The van der Waals surface area contributed by atoms with Crippen molar-refractivity contribution in [2.45, 2.75) is 39.3 Å². The van der Waals surface area contributed by atoms with Gasteiger partial charge in [-0.2, -0.15) is 0 Å². The summed E-state index contributed by atoms with van der Waals surface area (Å²) in [6.45, 7) is 8.27. The number of aromatic nitrogens is 2. The van der Waals surface area contributed by atoms with Gasteiger partial charge in [-0.25, -0.2) is 9.97 Å². The maximum Gasteiger partial charge on any atom is 0.238 e. The minimum absolute atomic E-state index is 0.0625. The summed E-state index contributed by atoms with van der Waals surface area (Å²) in [6.07, 6.45) is 1.16. The van der Waals surface area contributed by atoms with Gasteiger partial charge in [0, 0.05) is 42.6 Å². The lowest BCUT2D eigenvalue weighted by atomic mass is 9.87. The number of nitrogens with zero attached hydrogens (tertiary/aromatic N) is 4. The van der Waals surface area contributed by atoms with Gasteiger partial charge in [-0.15, -0.1) is 0 Å². The predicted molar refractivity (Wildman–Crippen MR) is 102 cm³/mol. The molecule has 0 spiro atoms. The molecule has 1 N–H and O–H groups in total. The molecule has 4 heterocycles. The van der Waals surface area contributed by atoms with E-state index < -0.39 is 0 Å². The Bertz CT molecular complexity index is 804. The van der Waals surface area contributed by atoms with Crippen molar-refractivity contribution in [3.05, 3.63) is 47.4 Å². The van der Waals surface area contributed by atoms with Gasteiger partial charge in [0.1, 0.15) is 11.6 Å². The zero-order valence-corrected chi connectivity index (χ0v) is 15.6. The summed E-state index contributed by atoms with van der Waals surface area (Å²) in [5.74, 6) is 1.88. The van der Waals surface area contributed by atoms with E-state index in [1.165, 1.54) is 0 Å².